The molecule has 21 heavy (non-hydrogen) atoms. The number of benzene rings is 2. The molecule has 0 radical (unpaired) electrons. The van der Waals surface area contributed by atoms with Crippen molar-refractivity contribution in [3.8, 4) is 0 Å². The largest absolute Gasteiger partial charge is 0.232 e. The molecule has 104 valence electrons. The van der Waals surface area contributed by atoms with E-state index in [0.717, 1.165) is 5.52 Å². The van der Waals surface area contributed by atoms with E-state index in [9.17, 15) is 0 Å². The highest BCUT2D eigenvalue weighted by Crippen LogP contribution is 2.33. The zero-order chi connectivity index (χ0) is 14.6. The maximum Gasteiger partial charge on any atom is 0.0934 e. The van der Waals surface area contributed by atoms with Crippen LogP contribution in [-0.4, -0.2) is 9.61 Å². The molecule has 2 heteroatoms. The molecule has 4 rings (SSSR count). The summed E-state index contributed by atoms with van der Waals surface area (Å²) in [5, 5.41) is 7.28. The third-order valence-corrected chi connectivity index (χ3v) is 4.13. The quantitative estimate of drug-likeness (QED) is 0.444. The van der Waals surface area contributed by atoms with Crippen molar-refractivity contribution in [1.29, 1.82) is 0 Å². The molecule has 0 N–H and O–H groups in total. The number of hydrogen-bond acceptors (Lipinski definition) is 1. The Balaban J connectivity index is 2.30. The van der Waals surface area contributed by atoms with Crippen LogP contribution in [0.2, 0.25) is 0 Å². The Hall–Kier alpha value is -2.35. The molecule has 4 aromatic rings. The molecule has 2 aromatic carbocycles. The SMILES string of the molecule is CC(C)(C)c1cc2c3ccccc3nn2c2ccccc12. The van der Waals surface area contributed by atoms with Gasteiger partial charge in [-0.1, -0.05) is 57.2 Å². The van der Waals surface area contributed by atoms with Crippen molar-refractivity contribution in [3.63, 3.8) is 0 Å². The summed E-state index contributed by atoms with van der Waals surface area (Å²) in [4.78, 5) is 0. The second kappa shape index (κ2) is 4.08. The molecule has 0 atom stereocenters. The fourth-order valence-electron chi connectivity index (χ4n) is 3.10. The summed E-state index contributed by atoms with van der Waals surface area (Å²) in [5.41, 5.74) is 4.89. The van der Waals surface area contributed by atoms with E-state index >= 15 is 0 Å². The molecule has 0 amide bonds. The summed E-state index contributed by atoms with van der Waals surface area (Å²) in [6.07, 6.45) is 0. The van der Waals surface area contributed by atoms with Gasteiger partial charge in [0.2, 0.25) is 0 Å². The summed E-state index contributed by atoms with van der Waals surface area (Å²) in [6, 6.07) is 19.2. The molecule has 2 aromatic heterocycles. The topological polar surface area (TPSA) is 17.3 Å². The number of rotatable bonds is 0. The van der Waals surface area contributed by atoms with Gasteiger partial charge in [-0.05, 0) is 29.2 Å². The van der Waals surface area contributed by atoms with Gasteiger partial charge in [0.15, 0.2) is 0 Å². The minimum atomic E-state index is 0.104. The summed E-state index contributed by atoms with van der Waals surface area (Å²) in [7, 11) is 0. The molecule has 0 aliphatic carbocycles. The Bertz CT molecular complexity index is 971. The van der Waals surface area contributed by atoms with Crippen LogP contribution in [-0.2, 0) is 5.41 Å². The zero-order valence-electron chi connectivity index (χ0n) is 12.6. The lowest BCUT2D eigenvalue weighted by atomic mass is 9.84. The van der Waals surface area contributed by atoms with Crippen LogP contribution in [0.25, 0.3) is 27.3 Å². The van der Waals surface area contributed by atoms with Gasteiger partial charge in [-0.2, -0.15) is 5.10 Å². The van der Waals surface area contributed by atoms with Crippen LogP contribution in [0.4, 0.5) is 0 Å². The van der Waals surface area contributed by atoms with Gasteiger partial charge in [-0.15, -0.1) is 0 Å². The van der Waals surface area contributed by atoms with E-state index in [1.54, 1.807) is 0 Å². The molecule has 0 spiro atoms. The standard InChI is InChI=1S/C19H18N2/c1-19(2,3)15-12-18-14-9-4-6-10-16(14)20-21(18)17-11-7-5-8-13(15)17/h4-12H,1-3H3. The van der Waals surface area contributed by atoms with E-state index in [2.05, 4.69) is 73.8 Å². The molecule has 0 aliphatic heterocycles. The predicted octanol–water partition coefficient (Wildman–Crippen LogP) is 4.94. The maximum absolute atomic E-state index is 4.78. The lowest BCUT2D eigenvalue weighted by Crippen LogP contribution is -2.12. The van der Waals surface area contributed by atoms with Crippen LogP contribution in [0.1, 0.15) is 26.3 Å². The Morgan fingerprint density at radius 1 is 0.810 bits per heavy atom. The highest BCUT2D eigenvalue weighted by Gasteiger charge is 2.20. The van der Waals surface area contributed by atoms with Crippen LogP contribution < -0.4 is 0 Å². The Labute approximate surface area is 124 Å². The second-order valence-electron chi connectivity index (χ2n) is 6.64. The van der Waals surface area contributed by atoms with Gasteiger partial charge >= 0.3 is 0 Å². The van der Waals surface area contributed by atoms with Gasteiger partial charge in [0, 0.05) is 10.8 Å². The van der Waals surface area contributed by atoms with Gasteiger partial charge in [0.1, 0.15) is 0 Å². The minimum Gasteiger partial charge on any atom is -0.232 e. The molecule has 2 nitrogen and oxygen atoms in total. The Morgan fingerprint density at radius 2 is 1.48 bits per heavy atom. The van der Waals surface area contributed by atoms with Gasteiger partial charge in [-0.25, -0.2) is 4.52 Å². The third-order valence-electron chi connectivity index (χ3n) is 4.13. The number of hydrogen-bond donors (Lipinski definition) is 0. The van der Waals surface area contributed by atoms with Gasteiger partial charge in [-0.3, -0.25) is 0 Å². The number of pyridine rings is 1. The van der Waals surface area contributed by atoms with Gasteiger partial charge in [0.25, 0.3) is 0 Å². The first kappa shape index (κ1) is 12.4. The predicted molar refractivity (Wildman–Crippen MR) is 88.9 cm³/mol. The molecule has 0 aliphatic rings. The monoisotopic (exact) mass is 274 g/mol. The third kappa shape index (κ3) is 1.75. The van der Waals surface area contributed by atoms with Crippen LogP contribution in [0.15, 0.2) is 54.6 Å². The molecule has 2 heterocycles. The van der Waals surface area contributed by atoms with Crippen molar-refractivity contribution in [2.75, 3.05) is 0 Å². The van der Waals surface area contributed by atoms with Crippen molar-refractivity contribution in [2.45, 2.75) is 26.2 Å². The molecular weight excluding hydrogens is 256 g/mol. The molecule has 0 fully saturated rings. The highest BCUT2D eigenvalue weighted by molar-refractivity contribution is 5.99. The molecule has 0 saturated carbocycles. The van der Waals surface area contributed by atoms with Crippen molar-refractivity contribution < 1.29 is 0 Å². The average Bonchev–Trinajstić information content (AvgIpc) is 2.84. The molecule has 0 saturated heterocycles. The first-order valence-corrected chi connectivity index (χ1v) is 7.35. The van der Waals surface area contributed by atoms with Crippen LogP contribution in [0, 0.1) is 0 Å². The number of para-hydroxylation sites is 1. The van der Waals surface area contributed by atoms with Crippen molar-refractivity contribution in [3.05, 3.63) is 60.2 Å². The summed E-state index contributed by atoms with van der Waals surface area (Å²) in [6.45, 7) is 6.80. The zero-order valence-corrected chi connectivity index (χ0v) is 12.6. The van der Waals surface area contributed by atoms with E-state index in [1.807, 2.05) is 6.07 Å². The fourth-order valence-corrected chi connectivity index (χ4v) is 3.10. The number of aromatic nitrogens is 2. The lowest BCUT2D eigenvalue weighted by Gasteiger charge is -2.22. The van der Waals surface area contributed by atoms with Gasteiger partial charge in [0.05, 0.1) is 16.6 Å². The summed E-state index contributed by atoms with van der Waals surface area (Å²) < 4.78 is 2.08. The van der Waals surface area contributed by atoms with Crippen LogP contribution >= 0.6 is 0 Å². The van der Waals surface area contributed by atoms with E-state index in [0.29, 0.717) is 0 Å². The molecule has 0 bridgehead atoms. The Kier molecular flexibility index (Phi) is 2.41. The van der Waals surface area contributed by atoms with E-state index < -0.39 is 0 Å². The number of fused-ring (bicyclic) bond motifs is 5. The van der Waals surface area contributed by atoms with Crippen molar-refractivity contribution in [2.24, 2.45) is 0 Å². The van der Waals surface area contributed by atoms with E-state index in [-0.39, 0.29) is 5.41 Å². The van der Waals surface area contributed by atoms with E-state index in [4.69, 9.17) is 5.10 Å². The smallest absolute Gasteiger partial charge is 0.0934 e. The first-order valence-electron chi connectivity index (χ1n) is 7.35. The first-order chi connectivity index (χ1) is 10.1. The minimum absolute atomic E-state index is 0.104. The summed E-state index contributed by atoms with van der Waals surface area (Å²) in [5.74, 6) is 0. The average molecular weight is 274 g/mol. The Morgan fingerprint density at radius 3 is 2.24 bits per heavy atom. The van der Waals surface area contributed by atoms with Gasteiger partial charge < -0.3 is 0 Å². The molecular formula is C19H18N2. The van der Waals surface area contributed by atoms with Crippen LogP contribution in [0.3, 0.4) is 0 Å². The molecule has 0 unspecified atom stereocenters. The van der Waals surface area contributed by atoms with Crippen LogP contribution in [0.5, 0.6) is 0 Å². The maximum atomic E-state index is 4.78. The van der Waals surface area contributed by atoms with Crippen molar-refractivity contribution >= 4 is 27.3 Å². The van der Waals surface area contributed by atoms with Crippen molar-refractivity contribution in [1.82, 2.24) is 9.61 Å². The second-order valence-corrected chi connectivity index (χ2v) is 6.64. The fraction of sp³-hybridized carbons (Fsp3) is 0.211. The highest BCUT2D eigenvalue weighted by atomic mass is 15.2. The number of nitrogens with zero attached hydrogens (tertiary/aromatic N) is 2. The lowest BCUT2D eigenvalue weighted by molar-refractivity contribution is 0.596. The summed E-state index contributed by atoms with van der Waals surface area (Å²) >= 11 is 0. The normalized spacial score (nSPS) is 12.5. The van der Waals surface area contributed by atoms with E-state index in [1.165, 1.54) is 27.4 Å².